The third kappa shape index (κ3) is 7.14. The maximum Gasteiger partial charge on any atom is 0.318 e. The van der Waals surface area contributed by atoms with Crippen molar-refractivity contribution in [3.63, 3.8) is 0 Å². The zero-order valence-electron chi connectivity index (χ0n) is 23.4. The average Bonchev–Trinajstić information content (AvgIpc) is 3.60. The van der Waals surface area contributed by atoms with E-state index >= 15 is 0 Å². The standard InChI is InChI=1S/C31H37F3N5O3/c32-24-7-8-26(33)25(15-24)28-20-38(18-21-5-2-1-3-6-21)30(37-28)29(22-9-13-42-14-10-22)39(31(41)36-11-4-12-40)19-23-16-35-17-27(23)34/h1-8,15,20,22-23,27,29,35,40H,9-14,16-19H2,(H,36,41)/t23-,27-,29?/m0/s1. The first-order valence-electron chi connectivity index (χ1n) is 14.4. The van der Waals surface area contributed by atoms with Crippen molar-refractivity contribution in [3.05, 3.63) is 84.2 Å². The van der Waals surface area contributed by atoms with Gasteiger partial charge in [-0.3, -0.25) is 0 Å². The number of nitrogens with zero attached hydrogens (tertiary/aromatic N) is 3. The summed E-state index contributed by atoms with van der Waals surface area (Å²) in [7, 11) is 0. The molecule has 1 aromatic heterocycles. The van der Waals surface area contributed by atoms with Crippen LogP contribution >= 0.6 is 0 Å². The van der Waals surface area contributed by atoms with Crippen molar-refractivity contribution < 1.29 is 27.8 Å². The molecule has 42 heavy (non-hydrogen) atoms. The topological polar surface area (TPSA) is 91.6 Å². The number of aromatic nitrogens is 2. The van der Waals surface area contributed by atoms with Gasteiger partial charge in [-0.2, -0.15) is 0 Å². The highest BCUT2D eigenvalue weighted by Gasteiger charge is 2.40. The highest BCUT2D eigenvalue weighted by atomic mass is 19.1. The van der Waals surface area contributed by atoms with E-state index in [9.17, 15) is 23.1 Å². The van der Waals surface area contributed by atoms with E-state index in [1.54, 1.807) is 11.1 Å². The van der Waals surface area contributed by atoms with Crippen LogP contribution in [0, 0.1) is 29.9 Å². The van der Waals surface area contributed by atoms with E-state index in [0.29, 0.717) is 45.0 Å². The van der Waals surface area contributed by atoms with Gasteiger partial charge in [-0.15, -0.1) is 0 Å². The van der Waals surface area contributed by atoms with Crippen molar-refractivity contribution >= 4 is 6.03 Å². The first-order valence-corrected chi connectivity index (χ1v) is 14.4. The molecule has 1 radical (unpaired) electrons. The van der Waals surface area contributed by atoms with E-state index in [4.69, 9.17) is 9.72 Å². The van der Waals surface area contributed by atoms with E-state index in [2.05, 4.69) is 10.6 Å². The number of aliphatic hydroxyl groups is 1. The lowest BCUT2D eigenvalue weighted by Gasteiger charge is -2.39. The molecular weight excluding hydrogens is 547 g/mol. The van der Waals surface area contributed by atoms with Crippen LogP contribution in [0.25, 0.3) is 11.3 Å². The lowest BCUT2D eigenvalue weighted by molar-refractivity contribution is 0.0259. The number of carbonyl (C=O) groups excluding carboxylic acids is 1. The number of rotatable bonds is 11. The maximum atomic E-state index is 15.0. The molecule has 0 bridgehead atoms. The third-order valence-electron chi connectivity index (χ3n) is 8.00. The number of amides is 2. The Balaban J connectivity index is 1.62. The van der Waals surface area contributed by atoms with Crippen molar-refractivity contribution in [1.29, 1.82) is 0 Å². The summed E-state index contributed by atoms with van der Waals surface area (Å²) < 4.78 is 51.7. The fourth-order valence-electron chi connectivity index (χ4n) is 5.81. The number of halogens is 3. The summed E-state index contributed by atoms with van der Waals surface area (Å²) in [5, 5.41) is 15.1. The molecule has 0 aliphatic carbocycles. The van der Waals surface area contributed by atoms with Gasteiger partial charge >= 0.3 is 6.03 Å². The second-order valence-corrected chi connectivity index (χ2v) is 10.9. The predicted molar refractivity (Wildman–Crippen MR) is 152 cm³/mol. The Kier molecular flexibility index (Phi) is 10.1. The van der Waals surface area contributed by atoms with Crippen LogP contribution in [0.15, 0.2) is 54.7 Å². The summed E-state index contributed by atoms with van der Waals surface area (Å²) in [6, 6.07) is 11.9. The number of carbonyl (C=O) groups is 1. The van der Waals surface area contributed by atoms with Gasteiger partial charge in [0.25, 0.3) is 0 Å². The largest absolute Gasteiger partial charge is 0.396 e. The molecule has 8 nitrogen and oxygen atoms in total. The first-order chi connectivity index (χ1) is 20.4. The Morgan fingerprint density at radius 1 is 1.19 bits per heavy atom. The molecular formula is C31H37F3N5O3. The Morgan fingerprint density at radius 2 is 1.98 bits per heavy atom. The number of benzene rings is 2. The molecule has 3 N–H and O–H groups in total. The fraction of sp³-hybridized carbons (Fsp3) is 0.452. The highest BCUT2D eigenvalue weighted by Crippen LogP contribution is 2.38. The van der Waals surface area contributed by atoms with Gasteiger partial charge in [0.05, 0.1) is 11.7 Å². The molecule has 3 atom stereocenters. The van der Waals surface area contributed by atoms with Crippen molar-refractivity contribution in [2.75, 3.05) is 46.0 Å². The van der Waals surface area contributed by atoms with E-state index in [-0.39, 0.29) is 43.4 Å². The molecule has 225 valence electrons. The van der Waals surface area contributed by atoms with Crippen LogP contribution in [-0.4, -0.2) is 77.8 Å². The average molecular weight is 585 g/mol. The molecule has 2 amide bonds. The Labute approximate surface area is 243 Å². The minimum Gasteiger partial charge on any atom is -0.396 e. The van der Waals surface area contributed by atoms with Gasteiger partial charge in [-0.25, -0.2) is 22.9 Å². The highest BCUT2D eigenvalue weighted by molar-refractivity contribution is 5.75. The summed E-state index contributed by atoms with van der Waals surface area (Å²) in [6.45, 7) is 2.07. The van der Waals surface area contributed by atoms with E-state index in [1.165, 1.54) is 6.42 Å². The van der Waals surface area contributed by atoms with Gasteiger partial charge in [0, 0.05) is 76.6 Å². The Morgan fingerprint density at radius 3 is 2.69 bits per heavy atom. The molecule has 5 rings (SSSR count). The minimum absolute atomic E-state index is 0.0196. The molecule has 11 heteroatoms. The van der Waals surface area contributed by atoms with Crippen LogP contribution in [-0.2, 0) is 11.3 Å². The molecule has 3 heterocycles. The van der Waals surface area contributed by atoms with Crippen molar-refractivity contribution in [2.45, 2.75) is 31.6 Å². The normalized spacial score (nSPS) is 20.0. The molecule has 0 spiro atoms. The first kappa shape index (κ1) is 30.1. The van der Waals surface area contributed by atoms with Crippen LogP contribution in [0.5, 0.6) is 0 Å². The number of aliphatic hydroxyl groups excluding tert-OH is 1. The van der Waals surface area contributed by atoms with Gasteiger partial charge in [0.15, 0.2) is 0 Å². The SMILES string of the molecule is O=C(NC[CH]CO)N(C[C@@H]1CNC[C@@H]1F)C(c1nc(-c2cc(F)ccc2F)cn1Cc1ccccc1)C1CCOCC1. The molecule has 2 fully saturated rings. The maximum absolute atomic E-state index is 15.0. The lowest BCUT2D eigenvalue weighted by atomic mass is 9.89. The molecule has 3 aromatic rings. The molecule has 2 aliphatic rings. The zero-order chi connectivity index (χ0) is 29.5. The summed E-state index contributed by atoms with van der Waals surface area (Å²) in [5.74, 6) is -1.21. The van der Waals surface area contributed by atoms with E-state index in [0.717, 1.165) is 23.8 Å². The summed E-state index contributed by atoms with van der Waals surface area (Å²) in [5.41, 5.74) is 1.23. The Hall–Kier alpha value is -3.41. The number of hydrogen-bond acceptors (Lipinski definition) is 5. The van der Waals surface area contributed by atoms with Gasteiger partial charge in [-0.05, 0) is 42.5 Å². The van der Waals surface area contributed by atoms with Crippen molar-refractivity contribution in [2.24, 2.45) is 11.8 Å². The Bertz CT molecular complexity index is 1320. The molecule has 1 unspecified atom stereocenters. The summed E-state index contributed by atoms with van der Waals surface area (Å²) in [6.07, 6.45) is 3.37. The van der Waals surface area contributed by atoms with Gasteiger partial charge in [0.1, 0.15) is 23.6 Å². The van der Waals surface area contributed by atoms with Crippen molar-refractivity contribution in [3.8, 4) is 11.3 Å². The lowest BCUT2D eigenvalue weighted by Crippen LogP contribution is -2.49. The fourth-order valence-corrected chi connectivity index (χ4v) is 5.81. The van der Waals surface area contributed by atoms with Crippen LogP contribution in [0.1, 0.15) is 30.3 Å². The van der Waals surface area contributed by atoms with Crippen molar-refractivity contribution in [1.82, 2.24) is 25.1 Å². The number of imidazole rings is 1. The van der Waals surface area contributed by atoms with Crippen LogP contribution in [0.4, 0.5) is 18.0 Å². The number of urea groups is 1. The molecule has 2 aromatic carbocycles. The van der Waals surface area contributed by atoms with Crippen LogP contribution in [0.2, 0.25) is 0 Å². The molecule has 2 aliphatic heterocycles. The third-order valence-corrected chi connectivity index (χ3v) is 8.00. The number of nitrogens with one attached hydrogen (secondary N) is 2. The van der Waals surface area contributed by atoms with Gasteiger partial charge in [-0.1, -0.05) is 30.3 Å². The predicted octanol–water partition coefficient (Wildman–Crippen LogP) is 4.11. The van der Waals surface area contributed by atoms with Crippen LogP contribution < -0.4 is 10.6 Å². The molecule has 2 saturated heterocycles. The molecule has 0 saturated carbocycles. The zero-order valence-corrected chi connectivity index (χ0v) is 23.4. The second kappa shape index (κ2) is 14.2. The van der Waals surface area contributed by atoms with Crippen LogP contribution in [0.3, 0.4) is 0 Å². The number of ether oxygens (including phenoxy) is 1. The number of hydrogen-bond donors (Lipinski definition) is 3. The van der Waals surface area contributed by atoms with Gasteiger partial charge in [0.2, 0.25) is 0 Å². The minimum atomic E-state index is -1.12. The van der Waals surface area contributed by atoms with E-state index in [1.807, 2.05) is 34.9 Å². The quantitative estimate of drug-likeness (QED) is 0.295. The summed E-state index contributed by atoms with van der Waals surface area (Å²) >= 11 is 0. The smallest absolute Gasteiger partial charge is 0.318 e. The second-order valence-electron chi connectivity index (χ2n) is 10.9. The number of alkyl halides is 1. The van der Waals surface area contributed by atoms with E-state index < -0.39 is 35.8 Å². The monoisotopic (exact) mass is 584 g/mol. The summed E-state index contributed by atoms with van der Waals surface area (Å²) in [4.78, 5) is 20.3. The van der Waals surface area contributed by atoms with Gasteiger partial charge < -0.3 is 29.9 Å².